The van der Waals surface area contributed by atoms with Crippen LogP contribution in [0.4, 0.5) is 4.79 Å². The Hall–Kier alpha value is -1.63. The largest absolute Gasteiger partial charge is 0.445 e. The third-order valence-electron chi connectivity index (χ3n) is 3.76. The summed E-state index contributed by atoms with van der Waals surface area (Å²) in [5, 5.41) is 9.45. The Morgan fingerprint density at radius 1 is 1.27 bits per heavy atom. The van der Waals surface area contributed by atoms with Crippen LogP contribution in [0.15, 0.2) is 30.3 Å². The second-order valence-electron chi connectivity index (χ2n) is 5.29. The average Bonchev–Trinajstić information content (AvgIpc) is 2.97. The maximum atomic E-state index is 12.3. The molecule has 0 saturated carbocycles. The number of hydrogen-bond donors (Lipinski definition) is 1. The smallest absolute Gasteiger partial charge is 0.410 e. The first-order valence-electron chi connectivity index (χ1n) is 7.42. The molecule has 0 unspecified atom stereocenters. The van der Waals surface area contributed by atoms with Gasteiger partial charge in [-0.2, -0.15) is 0 Å². The van der Waals surface area contributed by atoms with E-state index in [0.717, 1.165) is 18.4 Å². The number of nitrogens with zero attached hydrogens (tertiary/aromatic N) is 1. The predicted octanol–water partition coefficient (Wildman–Crippen LogP) is 1.77. The Morgan fingerprint density at radius 3 is 2.68 bits per heavy atom. The monoisotopic (exact) mass is 309 g/mol. The highest BCUT2D eigenvalue weighted by Crippen LogP contribution is 2.25. The van der Waals surface area contributed by atoms with Crippen molar-refractivity contribution >= 4 is 6.09 Å². The van der Waals surface area contributed by atoms with Crippen LogP contribution in [0.1, 0.15) is 18.4 Å². The van der Waals surface area contributed by atoms with Crippen LogP contribution in [-0.2, 0) is 20.8 Å². The van der Waals surface area contributed by atoms with Gasteiger partial charge in [0.25, 0.3) is 0 Å². The summed E-state index contributed by atoms with van der Waals surface area (Å²) in [4.78, 5) is 13.9. The zero-order valence-electron chi connectivity index (χ0n) is 12.8. The Labute approximate surface area is 130 Å². The Balaban J connectivity index is 1.91. The molecule has 1 saturated heterocycles. The minimum Gasteiger partial charge on any atom is -0.445 e. The molecule has 1 fully saturated rings. The van der Waals surface area contributed by atoms with Gasteiger partial charge >= 0.3 is 6.09 Å². The first-order chi connectivity index (χ1) is 10.8. The quantitative estimate of drug-likeness (QED) is 0.614. The number of rotatable bonds is 7. The minimum absolute atomic E-state index is 0.0682. The Kier molecular flexibility index (Phi) is 6.64. The van der Waals surface area contributed by atoms with Crippen LogP contribution in [0.2, 0.25) is 0 Å². The number of hydrogen-bond acceptors (Lipinski definition) is 5. The van der Waals surface area contributed by atoms with Gasteiger partial charge in [-0.3, -0.25) is 4.90 Å². The SMILES string of the molecule is COCOC[C@@H]1CC[C@H](CO)N1C(=O)OCc1ccccc1. The van der Waals surface area contributed by atoms with E-state index < -0.39 is 6.09 Å². The summed E-state index contributed by atoms with van der Waals surface area (Å²) in [6.07, 6.45) is 1.12. The third kappa shape index (κ3) is 4.43. The summed E-state index contributed by atoms with van der Waals surface area (Å²) in [7, 11) is 1.55. The number of benzene rings is 1. The Bertz CT molecular complexity index is 453. The van der Waals surface area contributed by atoms with Crippen molar-refractivity contribution < 1.29 is 24.1 Å². The number of likely N-dealkylation sites (tertiary alicyclic amines) is 1. The summed E-state index contributed by atoms with van der Waals surface area (Å²) in [6.45, 7) is 0.721. The normalized spacial score (nSPS) is 21.1. The van der Waals surface area contributed by atoms with Gasteiger partial charge in [-0.25, -0.2) is 4.79 Å². The maximum Gasteiger partial charge on any atom is 0.410 e. The first kappa shape index (κ1) is 16.7. The van der Waals surface area contributed by atoms with Crippen molar-refractivity contribution in [2.24, 2.45) is 0 Å². The molecule has 1 aromatic carbocycles. The van der Waals surface area contributed by atoms with E-state index in [2.05, 4.69) is 0 Å². The lowest BCUT2D eigenvalue weighted by molar-refractivity contribution is -0.0498. The topological polar surface area (TPSA) is 68.2 Å². The van der Waals surface area contributed by atoms with E-state index in [1.807, 2.05) is 30.3 Å². The van der Waals surface area contributed by atoms with Gasteiger partial charge in [-0.15, -0.1) is 0 Å². The molecule has 122 valence electrons. The fourth-order valence-corrected chi connectivity index (χ4v) is 2.66. The lowest BCUT2D eigenvalue weighted by atomic mass is 10.2. The standard InChI is InChI=1S/C16H23NO5/c1-20-12-21-11-15-8-7-14(9-18)17(15)16(19)22-10-13-5-3-2-4-6-13/h2-6,14-15,18H,7-12H2,1H3/t14-,15+/m1/s1. The molecular weight excluding hydrogens is 286 g/mol. The molecular formula is C16H23NO5. The summed E-state index contributed by atoms with van der Waals surface area (Å²) < 4.78 is 15.6. The number of aliphatic hydroxyl groups excluding tert-OH is 1. The maximum absolute atomic E-state index is 12.3. The minimum atomic E-state index is -0.411. The van der Waals surface area contributed by atoms with Crippen molar-refractivity contribution in [3.8, 4) is 0 Å². The van der Waals surface area contributed by atoms with Crippen molar-refractivity contribution in [2.75, 3.05) is 27.1 Å². The molecule has 6 heteroatoms. The van der Waals surface area contributed by atoms with E-state index in [0.29, 0.717) is 6.61 Å². The molecule has 1 aliphatic rings. The summed E-state index contributed by atoms with van der Waals surface area (Å²) in [5.74, 6) is 0. The molecule has 6 nitrogen and oxygen atoms in total. The van der Waals surface area contributed by atoms with Crippen molar-refractivity contribution in [1.82, 2.24) is 4.90 Å². The second kappa shape index (κ2) is 8.73. The molecule has 0 radical (unpaired) electrons. The number of carbonyl (C=O) groups excluding carboxylic acids is 1. The molecule has 22 heavy (non-hydrogen) atoms. The van der Waals surface area contributed by atoms with Gasteiger partial charge in [0.15, 0.2) is 0 Å². The van der Waals surface area contributed by atoms with E-state index in [4.69, 9.17) is 14.2 Å². The number of carbonyl (C=O) groups is 1. The predicted molar refractivity (Wildman–Crippen MR) is 80.2 cm³/mol. The summed E-state index contributed by atoms with van der Waals surface area (Å²) >= 11 is 0. The molecule has 1 heterocycles. The van der Waals surface area contributed by atoms with Gasteiger partial charge in [-0.1, -0.05) is 30.3 Å². The molecule has 1 aliphatic heterocycles. The molecule has 1 amide bonds. The van der Waals surface area contributed by atoms with Crippen molar-refractivity contribution in [3.05, 3.63) is 35.9 Å². The second-order valence-corrected chi connectivity index (χ2v) is 5.29. The summed E-state index contributed by atoms with van der Waals surface area (Å²) in [6, 6.07) is 9.22. The molecule has 0 spiro atoms. The van der Waals surface area contributed by atoms with Gasteiger partial charge in [0.1, 0.15) is 13.4 Å². The molecule has 2 atom stereocenters. The zero-order chi connectivity index (χ0) is 15.8. The van der Waals surface area contributed by atoms with E-state index in [1.54, 1.807) is 12.0 Å². The molecule has 1 aromatic rings. The van der Waals surface area contributed by atoms with Gasteiger partial charge in [-0.05, 0) is 18.4 Å². The van der Waals surface area contributed by atoms with Crippen LogP contribution in [0.3, 0.4) is 0 Å². The van der Waals surface area contributed by atoms with Gasteiger partial charge < -0.3 is 19.3 Å². The molecule has 0 aromatic heterocycles. The van der Waals surface area contributed by atoms with E-state index >= 15 is 0 Å². The molecule has 1 N–H and O–H groups in total. The van der Waals surface area contributed by atoms with E-state index in [-0.39, 0.29) is 32.1 Å². The number of amides is 1. The zero-order valence-corrected chi connectivity index (χ0v) is 12.8. The lowest BCUT2D eigenvalue weighted by Crippen LogP contribution is -2.45. The fraction of sp³-hybridized carbons (Fsp3) is 0.562. The van der Waals surface area contributed by atoms with Gasteiger partial charge in [0.05, 0.1) is 25.3 Å². The highest BCUT2D eigenvalue weighted by molar-refractivity contribution is 5.69. The molecule has 2 rings (SSSR count). The van der Waals surface area contributed by atoms with Gasteiger partial charge in [0, 0.05) is 7.11 Å². The van der Waals surface area contributed by atoms with Crippen LogP contribution >= 0.6 is 0 Å². The Morgan fingerprint density at radius 2 is 2.00 bits per heavy atom. The van der Waals surface area contributed by atoms with Gasteiger partial charge in [0.2, 0.25) is 0 Å². The lowest BCUT2D eigenvalue weighted by Gasteiger charge is -2.28. The highest BCUT2D eigenvalue weighted by atomic mass is 16.7. The van der Waals surface area contributed by atoms with Crippen LogP contribution < -0.4 is 0 Å². The van der Waals surface area contributed by atoms with Crippen molar-refractivity contribution in [3.63, 3.8) is 0 Å². The van der Waals surface area contributed by atoms with Crippen molar-refractivity contribution in [1.29, 1.82) is 0 Å². The molecule has 0 aliphatic carbocycles. The van der Waals surface area contributed by atoms with E-state index in [1.165, 1.54) is 0 Å². The third-order valence-corrected chi connectivity index (χ3v) is 3.76. The van der Waals surface area contributed by atoms with Crippen LogP contribution in [-0.4, -0.2) is 55.3 Å². The molecule has 0 bridgehead atoms. The number of aliphatic hydroxyl groups is 1. The van der Waals surface area contributed by atoms with E-state index in [9.17, 15) is 9.90 Å². The van der Waals surface area contributed by atoms with Crippen molar-refractivity contribution in [2.45, 2.75) is 31.5 Å². The highest BCUT2D eigenvalue weighted by Gasteiger charge is 2.37. The summed E-state index contributed by atoms with van der Waals surface area (Å²) in [5.41, 5.74) is 0.933. The number of methoxy groups -OCH3 is 1. The number of ether oxygens (including phenoxy) is 3. The van der Waals surface area contributed by atoms with Crippen LogP contribution in [0, 0.1) is 0 Å². The van der Waals surface area contributed by atoms with Crippen LogP contribution in [0.25, 0.3) is 0 Å². The average molecular weight is 309 g/mol. The first-order valence-corrected chi connectivity index (χ1v) is 7.42. The van der Waals surface area contributed by atoms with Crippen LogP contribution in [0.5, 0.6) is 0 Å². The fourth-order valence-electron chi connectivity index (χ4n) is 2.66.